The zero-order valence-corrected chi connectivity index (χ0v) is 18.4. The van der Waals surface area contributed by atoms with Gasteiger partial charge in [0.15, 0.2) is 0 Å². The lowest BCUT2D eigenvalue weighted by Gasteiger charge is -2.36. The van der Waals surface area contributed by atoms with E-state index in [9.17, 15) is 14.4 Å². The summed E-state index contributed by atoms with van der Waals surface area (Å²) in [4.78, 5) is 37.0. The summed E-state index contributed by atoms with van der Waals surface area (Å²) in [7, 11) is 1.24. The molecular weight excluding hydrogens is 443 g/mol. The third-order valence-electron chi connectivity index (χ3n) is 5.23. The molecule has 2 aromatic rings. The van der Waals surface area contributed by atoms with Crippen molar-refractivity contribution in [1.29, 1.82) is 0 Å². The average Bonchev–Trinajstić information content (AvgIpc) is 2.77. The predicted octanol–water partition coefficient (Wildman–Crippen LogP) is 3.58. The summed E-state index contributed by atoms with van der Waals surface area (Å²) in [6.07, 6.45) is 0.916. The van der Waals surface area contributed by atoms with Gasteiger partial charge in [-0.3, -0.25) is 14.4 Å². The van der Waals surface area contributed by atoms with Crippen LogP contribution in [0.4, 0.5) is 5.69 Å². The van der Waals surface area contributed by atoms with Crippen molar-refractivity contribution >= 4 is 46.7 Å². The second kappa shape index (κ2) is 10.1. The Hall–Kier alpha value is -2.61. The van der Waals surface area contributed by atoms with Crippen LogP contribution in [0.5, 0.6) is 0 Å². The molecule has 1 saturated heterocycles. The van der Waals surface area contributed by atoms with Crippen molar-refractivity contribution in [2.75, 3.05) is 32.2 Å². The molecule has 0 radical (unpaired) electrons. The summed E-state index contributed by atoms with van der Waals surface area (Å²) in [6, 6.07) is 11.6. The molecule has 2 amide bonds. The van der Waals surface area contributed by atoms with Gasteiger partial charge >= 0.3 is 5.97 Å². The smallest absolute Gasteiger partial charge is 0.325 e. The fourth-order valence-corrected chi connectivity index (χ4v) is 4.12. The monoisotopic (exact) mass is 464 g/mol. The Labute approximate surface area is 190 Å². The van der Waals surface area contributed by atoms with Gasteiger partial charge in [-0.1, -0.05) is 35.3 Å². The fourth-order valence-electron chi connectivity index (χ4n) is 3.53. The van der Waals surface area contributed by atoms with E-state index >= 15 is 0 Å². The Morgan fingerprint density at radius 3 is 2.52 bits per heavy atom. The third kappa shape index (κ3) is 5.36. The quantitative estimate of drug-likeness (QED) is 0.637. The summed E-state index contributed by atoms with van der Waals surface area (Å²) in [5, 5.41) is 6.28. The number of halogens is 2. The number of anilines is 1. The minimum absolute atomic E-state index is 0.243. The molecule has 2 N–H and O–H groups in total. The summed E-state index contributed by atoms with van der Waals surface area (Å²) >= 11 is 12.5. The van der Waals surface area contributed by atoms with E-state index < -0.39 is 17.3 Å². The van der Waals surface area contributed by atoms with E-state index in [1.165, 1.54) is 7.11 Å². The van der Waals surface area contributed by atoms with Gasteiger partial charge in [-0.05, 0) is 48.7 Å². The number of benzene rings is 2. The lowest BCUT2D eigenvalue weighted by Crippen LogP contribution is -2.45. The maximum absolute atomic E-state index is 13.4. The summed E-state index contributed by atoms with van der Waals surface area (Å²) in [5.74, 6) is -1.26. The zero-order valence-electron chi connectivity index (χ0n) is 16.9. The van der Waals surface area contributed by atoms with Crippen LogP contribution < -0.4 is 10.6 Å². The molecule has 1 heterocycles. The van der Waals surface area contributed by atoms with Crippen LogP contribution in [0.3, 0.4) is 0 Å². The zero-order chi connectivity index (χ0) is 22.4. The molecular formula is C22H22Cl2N2O5. The normalized spacial score (nSPS) is 15.1. The first-order valence-corrected chi connectivity index (χ1v) is 10.4. The minimum atomic E-state index is -0.886. The van der Waals surface area contributed by atoms with E-state index in [-0.39, 0.29) is 12.5 Å². The van der Waals surface area contributed by atoms with Crippen molar-refractivity contribution in [1.82, 2.24) is 5.32 Å². The molecule has 1 aliphatic rings. The van der Waals surface area contributed by atoms with Gasteiger partial charge < -0.3 is 20.1 Å². The Bertz CT molecular complexity index is 990. The molecule has 164 valence electrons. The Balaban J connectivity index is 1.83. The number of methoxy groups -OCH3 is 1. The number of carbonyl (C=O) groups is 3. The highest BCUT2D eigenvalue weighted by Gasteiger charge is 2.43. The van der Waals surface area contributed by atoms with Gasteiger partial charge in [0, 0.05) is 34.5 Å². The summed E-state index contributed by atoms with van der Waals surface area (Å²) < 4.78 is 9.99. The van der Waals surface area contributed by atoms with E-state index in [0.29, 0.717) is 52.9 Å². The highest BCUT2D eigenvalue weighted by Crippen LogP contribution is 2.40. The summed E-state index contributed by atoms with van der Waals surface area (Å²) in [6.45, 7) is 0.592. The second-order valence-electron chi connectivity index (χ2n) is 7.11. The van der Waals surface area contributed by atoms with E-state index in [4.69, 9.17) is 27.9 Å². The minimum Gasteiger partial charge on any atom is -0.468 e. The van der Waals surface area contributed by atoms with Gasteiger partial charge in [0.05, 0.1) is 12.5 Å². The molecule has 1 fully saturated rings. The molecule has 0 aliphatic carbocycles. The third-order valence-corrected chi connectivity index (χ3v) is 5.78. The standard InChI is InChI=1S/C22H22Cl2N2O5/c1-30-19(27)13-25-20(28)14-3-2-4-16(11-14)26-21(29)22(7-9-31-10-8-22)17-6-5-15(23)12-18(17)24/h2-6,11-12H,7-10,13H2,1H3,(H,25,28)(H,26,29). The lowest BCUT2D eigenvalue weighted by atomic mass is 9.73. The van der Waals surface area contributed by atoms with Gasteiger partial charge in [-0.25, -0.2) is 0 Å². The van der Waals surface area contributed by atoms with Crippen molar-refractivity contribution in [3.05, 3.63) is 63.6 Å². The van der Waals surface area contributed by atoms with Crippen LogP contribution in [0, 0.1) is 0 Å². The van der Waals surface area contributed by atoms with Crippen molar-refractivity contribution in [3.63, 3.8) is 0 Å². The van der Waals surface area contributed by atoms with Gasteiger partial charge in [-0.2, -0.15) is 0 Å². The molecule has 31 heavy (non-hydrogen) atoms. The van der Waals surface area contributed by atoms with E-state index in [1.807, 2.05) is 0 Å². The molecule has 0 aromatic heterocycles. The van der Waals surface area contributed by atoms with E-state index in [0.717, 1.165) is 0 Å². The first kappa shape index (κ1) is 23.1. The maximum Gasteiger partial charge on any atom is 0.325 e. The molecule has 0 atom stereocenters. The molecule has 1 aliphatic heterocycles. The van der Waals surface area contributed by atoms with Crippen LogP contribution in [-0.2, 0) is 24.5 Å². The van der Waals surface area contributed by atoms with Crippen molar-refractivity contribution in [3.8, 4) is 0 Å². The predicted molar refractivity (Wildman–Crippen MR) is 118 cm³/mol. The van der Waals surface area contributed by atoms with Gasteiger partial charge in [0.25, 0.3) is 5.91 Å². The van der Waals surface area contributed by atoms with E-state index in [2.05, 4.69) is 15.4 Å². The Morgan fingerprint density at radius 2 is 1.84 bits per heavy atom. The van der Waals surface area contributed by atoms with Gasteiger partial charge in [0.1, 0.15) is 6.54 Å². The topological polar surface area (TPSA) is 93.7 Å². The van der Waals surface area contributed by atoms with Crippen LogP contribution in [0.2, 0.25) is 10.0 Å². The molecule has 0 saturated carbocycles. The molecule has 7 nitrogen and oxygen atoms in total. The lowest BCUT2D eigenvalue weighted by molar-refractivity contribution is -0.139. The Morgan fingerprint density at radius 1 is 1.10 bits per heavy atom. The number of hydrogen-bond donors (Lipinski definition) is 2. The van der Waals surface area contributed by atoms with Crippen molar-refractivity contribution in [2.24, 2.45) is 0 Å². The molecule has 0 bridgehead atoms. The number of hydrogen-bond acceptors (Lipinski definition) is 5. The number of amides is 2. The van der Waals surface area contributed by atoms with Crippen molar-refractivity contribution in [2.45, 2.75) is 18.3 Å². The number of nitrogens with one attached hydrogen (secondary N) is 2. The number of ether oxygens (including phenoxy) is 2. The molecule has 2 aromatic carbocycles. The molecule has 3 rings (SSSR count). The number of carbonyl (C=O) groups excluding carboxylic acids is 3. The maximum atomic E-state index is 13.4. The molecule has 0 spiro atoms. The Kier molecular flexibility index (Phi) is 7.54. The van der Waals surface area contributed by atoms with Crippen LogP contribution >= 0.6 is 23.2 Å². The number of esters is 1. The highest BCUT2D eigenvalue weighted by molar-refractivity contribution is 6.35. The largest absolute Gasteiger partial charge is 0.468 e. The molecule has 9 heteroatoms. The van der Waals surface area contributed by atoms with Gasteiger partial charge in [0.2, 0.25) is 5.91 Å². The van der Waals surface area contributed by atoms with Gasteiger partial charge in [-0.15, -0.1) is 0 Å². The van der Waals surface area contributed by atoms with Crippen LogP contribution in [0.1, 0.15) is 28.8 Å². The van der Waals surface area contributed by atoms with E-state index in [1.54, 1.807) is 42.5 Å². The van der Waals surface area contributed by atoms with Crippen LogP contribution in [0.25, 0.3) is 0 Å². The fraction of sp³-hybridized carbons (Fsp3) is 0.318. The first-order chi connectivity index (χ1) is 14.9. The average molecular weight is 465 g/mol. The van der Waals surface area contributed by atoms with Crippen LogP contribution in [-0.4, -0.2) is 44.7 Å². The SMILES string of the molecule is COC(=O)CNC(=O)c1cccc(NC(=O)C2(c3ccc(Cl)cc3Cl)CCOCC2)c1. The molecule has 0 unspecified atom stereocenters. The van der Waals surface area contributed by atoms with Crippen LogP contribution in [0.15, 0.2) is 42.5 Å². The second-order valence-corrected chi connectivity index (χ2v) is 7.96. The summed E-state index contributed by atoms with van der Waals surface area (Å²) in [5.41, 5.74) is 0.550. The van der Waals surface area contributed by atoms with Crippen molar-refractivity contribution < 1.29 is 23.9 Å². The number of rotatable bonds is 6. The highest BCUT2D eigenvalue weighted by atomic mass is 35.5. The first-order valence-electron chi connectivity index (χ1n) is 9.65.